The number of alkyl halides is 1. The van der Waals surface area contributed by atoms with Crippen LogP contribution in [-0.4, -0.2) is 19.6 Å². The van der Waals surface area contributed by atoms with Gasteiger partial charge in [0, 0.05) is 5.38 Å². The fraction of sp³-hybridized carbons (Fsp3) is 0.571. The molecule has 0 radical (unpaired) electrons. The molecule has 17 heavy (non-hydrogen) atoms. The highest BCUT2D eigenvalue weighted by Gasteiger charge is 2.09. The molecule has 0 N–H and O–H groups in total. The molecular weight excluding hydrogens is 236 g/mol. The fourth-order valence-electron chi connectivity index (χ4n) is 1.79. The number of rotatable bonds is 7. The van der Waals surface area contributed by atoms with Crippen LogP contribution in [0.4, 0.5) is 0 Å². The molecule has 1 atom stereocenters. The smallest absolute Gasteiger partial charge is 0.160 e. The van der Waals surface area contributed by atoms with Crippen LogP contribution in [0.1, 0.15) is 31.7 Å². The Kier molecular flexibility index (Phi) is 6.20. The minimum absolute atomic E-state index is 0.202. The Labute approximate surface area is 109 Å². The first-order valence-electron chi connectivity index (χ1n) is 6.06. The predicted molar refractivity (Wildman–Crippen MR) is 72.4 cm³/mol. The van der Waals surface area contributed by atoms with Gasteiger partial charge in [-0.2, -0.15) is 0 Å². The normalized spacial score (nSPS) is 12.2. The van der Waals surface area contributed by atoms with Gasteiger partial charge in [0.1, 0.15) is 0 Å². The standard InChI is InChI=1S/C14H21ClO2/c1-4-5-6-12(15)9-11-7-8-13(16-2)14(10-11)17-3/h7-8,10,12H,4-6,9H2,1-3H3. The third-order valence-electron chi connectivity index (χ3n) is 2.78. The SMILES string of the molecule is CCCCC(Cl)Cc1ccc(OC)c(OC)c1. The molecule has 0 bridgehead atoms. The first kappa shape index (κ1) is 14.2. The summed E-state index contributed by atoms with van der Waals surface area (Å²) in [5.74, 6) is 1.53. The van der Waals surface area contributed by atoms with Gasteiger partial charge in [0.25, 0.3) is 0 Å². The van der Waals surface area contributed by atoms with Gasteiger partial charge in [-0.05, 0) is 30.5 Å². The van der Waals surface area contributed by atoms with Gasteiger partial charge < -0.3 is 9.47 Å². The van der Waals surface area contributed by atoms with Crippen LogP contribution in [0.3, 0.4) is 0 Å². The van der Waals surface area contributed by atoms with Crippen molar-refractivity contribution in [2.45, 2.75) is 38.0 Å². The highest BCUT2D eigenvalue weighted by atomic mass is 35.5. The number of unbranched alkanes of at least 4 members (excludes halogenated alkanes) is 1. The summed E-state index contributed by atoms with van der Waals surface area (Å²) in [6, 6.07) is 5.97. The topological polar surface area (TPSA) is 18.5 Å². The lowest BCUT2D eigenvalue weighted by Crippen LogP contribution is -2.03. The largest absolute Gasteiger partial charge is 0.493 e. The van der Waals surface area contributed by atoms with Crippen molar-refractivity contribution >= 4 is 11.6 Å². The van der Waals surface area contributed by atoms with Crippen LogP contribution in [0.15, 0.2) is 18.2 Å². The molecule has 1 aromatic rings. The molecule has 96 valence electrons. The third-order valence-corrected chi connectivity index (χ3v) is 3.15. The molecule has 1 aromatic carbocycles. The Balaban J connectivity index is 2.65. The van der Waals surface area contributed by atoms with E-state index in [2.05, 4.69) is 6.92 Å². The zero-order chi connectivity index (χ0) is 12.7. The van der Waals surface area contributed by atoms with Crippen molar-refractivity contribution in [3.05, 3.63) is 23.8 Å². The van der Waals surface area contributed by atoms with Crippen LogP contribution in [0.5, 0.6) is 11.5 Å². The van der Waals surface area contributed by atoms with Crippen LogP contribution < -0.4 is 9.47 Å². The molecule has 0 amide bonds. The maximum Gasteiger partial charge on any atom is 0.160 e. The van der Waals surface area contributed by atoms with E-state index in [4.69, 9.17) is 21.1 Å². The maximum atomic E-state index is 6.29. The van der Waals surface area contributed by atoms with Crippen molar-refractivity contribution < 1.29 is 9.47 Å². The van der Waals surface area contributed by atoms with E-state index in [0.29, 0.717) is 0 Å². The number of ether oxygens (including phenoxy) is 2. The van der Waals surface area contributed by atoms with Crippen molar-refractivity contribution in [3.63, 3.8) is 0 Å². The van der Waals surface area contributed by atoms with Gasteiger partial charge in [-0.3, -0.25) is 0 Å². The summed E-state index contributed by atoms with van der Waals surface area (Å²) >= 11 is 6.29. The molecule has 0 aliphatic carbocycles. The van der Waals surface area contributed by atoms with Crippen LogP contribution in [0, 0.1) is 0 Å². The summed E-state index contributed by atoms with van der Waals surface area (Å²) in [6.07, 6.45) is 4.31. The second kappa shape index (κ2) is 7.44. The van der Waals surface area contributed by atoms with E-state index >= 15 is 0 Å². The Morgan fingerprint density at radius 3 is 2.47 bits per heavy atom. The number of methoxy groups -OCH3 is 2. The quantitative estimate of drug-likeness (QED) is 0.686. The van der Waals surface area contributed by atoms with Gasteiger partial charge in [0.2, 0.25) is 0 Å². The van der Waals surface area contributed by atoms with Gasteiger partial charge in [0.05, 0.1) is 14.2 Å². The van der Waals surface area contributed by atoms with Crippen LogP contribution in [0.25, 0.3) is 0 Å². The zero-order valence-corrected chi connectivity index (χ0v) is 11.6. The molecule has 0 spiro atoms. The van der Waals surface area contributed by atoms with Crippen molar-refractivity contribution in [2.75, 3.05) is 14.2 Å². The summed E-state index contributed by atoms with van der Waals surface area (Å²) in [5, 5.41) is 0.202. The Morgan fingerprint density at radius 2 is 1.88 bits per heavy atom. The second-order valence-corrected chi connectivity index (χ2v) is 4.75. The Hall–Kier alpha value is -0.890. The van der Waals surface area contributed by atoms with Crippen LogP contribution >= 0.6 is 11.6 Å². The van der Waals surface area contributed by atoms with Crippen LogP contribution in [0.2, 0.25) is 0 Å². The number of hydrogen-bond acceptors (Lipinski definition) is 2. The van der Waals surface area contributed by atoms with Crippen molar-refractivity contribution in [3.8, 4) is 11.5 Å². The first-order chi connectivity index (χ1) is 8.21. The van der Waals surface area contributed by atoms with E-state index in [-0.39, 0.29) is 5.38 Å². The summed E-state index contributed by atoms with van der Waals surface area (Å²) in [6.45, 7) is 2.18. The zero-order valence-electron chi connectivity index (χ0n) is 10.8. The van der Waals surface area contributed by atoms with Gasteiger partial charge >= 0.3 is 0 Å². The highest BCUT2D eigenvalue weighted by molar-refractivity contribution is 6.20. The van der Waals surface area contributed by atoms with Gasteiger partial charge in [-0.25, -0.2) is 0 Å². The molecule has 2 nitrogen and oxygen atoms in total. The molecular formula is C14H21ClO2. The molecule has 0 saturated carbocycles. The lowest BCUT2D eigenvalue weighted by Gasteiger charge is -2.12. The maximum absolute atomic E-state index is 6.29. The molecule has 0 saturated heterocycles. The number of hydrogen-bond donors (Lipinski definition) is 0. The van der Waals surface area contributed by atoms with Crippen molar-refractivity contribution in [1.29, 1.82) is 0 Å². The minimum atomic E-state index is 0.202. The van der Waals surface area contributed by atoms with E-state index in [9.17, 15) is 0 Å². The summed E-state index contributed by atoms with van der Waals surface area (Å²) in [4.78, 5) is 0. The fourth-order valence-corrected chi connectivity index (χ4v) is 2.12. The molecule has 1 unspecified atom stereocenters. The van der Waals surface area contributed by atoms with E-state index in [1.54, 1.807) is 14.2 Å². The average molecular weight is 257 g/mol. The molecule has 0 aromatic heterocycles. The van der Waals surface area contributed by atoms with Gasteiger partial charge in [-0.15, -0.1) is 11.6 Å². The lowest BCUT2D eigenvalue weighted by molar-refractivity contribution is 0.354. The van der Waals surface area contributed by atoms with Crippen molar-refractivity contribution in [2.24, 2.45) is 0 Å². The molecule has 3 heteroatoms. The molecule has 0 aliphatic rings. The average Bonchev–Trinajstić information content (AvgIpc) is 2.36. The molecule has 1 rings (SSSR count). The number of halogens is 1. The summed E-state index contributed by atoms with van der Waals surface area (Å²) < 4.78 is 10.5. The number of benzene rings is 1. The molecule has 0 fully saturated rings. The molecule has 0 heterocycles. The van der Waals surface area contributed by atoms with E-state index in [1.807, 2.05) is 18.2 Å². The summed E-state index contributed by atoms with van der Waals surface area (Å²) in [5.41, 5.74) is 1.19. The van der Waals surface area contributed by atoms with Gasteiger partial charge in [0.15, 0.2) is 11.5 Å². The summed E-state index contributed by atoms with van der Waals surface area (Å²) in [7, 11) is 3.29. The minimum Gasteiger partial charge on any atom is -0.493 e. The Bertz CT molecular complexity index is 339. The Morgan fingerprint density at radius 1 is 1.18 bits per heavy atom. The van der Waals surface area contributed by atoms with E-state index in [1.165, 1.54) is 18.4 Å². The van der Waals surface area contributed by atoms with E-state index < -0.39 is 0 Å². The predicted octanol–water partition coefficient (Wildman–Crippen LogP) is 4.04. The van der Waals surface area contributed by atoms with Crippen LogP contribution in [-0.2, 0) is 6.42 Å². The second-order valence-electron chi connectivity index (χ2n) is 4.13. The van der Waals surface area contributed by atoms with Crippen molar-refractivity contribution in [1.82, 2.24) is 0 Å². The first-order valence-corrected chi connectivity index (χ1v) is 6.49. The van der Waals surface area contributed by atoms with Gasteiger partial charge in [-0.1, -0.05) is 25.8 Å². The van der Waals surface area contributed by atoms with E-state index in [0.717, 1.165) is 24.3 Å². The monoisotopic (exact) mass is 256 g/mol. The third kappa shape index (κ3) is 4.47. The molecule has 0 aliphatic heterocycles. The lowest BCUT2D eigenvalue weighted by atomic mass is 10.1. The highest BCUT2D eigenvalue weighted by Crippen LogP contribution is 2.28.